The maximum Gasteiger partial charge on any atom is 0.195 e. The molecule has 3 heteroatoms. The van der Waals surface area contributed by atoms with E-state index in [2.05, 4.69) is 15.9 Å². The number of nitrogens with zero attached hydrogens (tertiary/aromatic N) is 2. The highest BCUT2D eigenvalue weighted by Gasteiger charge is 2.12. The minimum Gasteiger partial charge on any atom is -0.256 e. The number of aromatic nitrogens is 1. The Labute approximate surface area is 155 Å². The normalized spacial score (nSPS) is 11.1. The molecule has 1 aromatic heterocycles. The molecule has 0 atom stereocenters. The second-order valence-corrected chi connectivity index (χ2v) is 6.48. The molecule has 27 heavy (non-hydrogen) atoms. The van der Waals surface area contributed by atoms with E-state index in [1.54, 1.807) is 18.3 Å². The molecule has 0 N–H and O–H groups in total. The van der Waals surface area contributed by atoms with Crippen LogP contribution in [0.4, 0.5) is 10.1 Å². The largest absolute Gasteiger partial charge is 0.256 e. The van der Waals surface area contributed by atoms with E-state index >= 15 is 0 Å². The zero-order chi connectivity index (χ0) is 18.4. The van der Waals surface area contributed by atoms with Gasteiger partial charge in [0.05, 0.1) is 12.3 Å². The summed E-state index contributed by atoms with van der Waals surface area (Å²) in [6.45, 7) is 7.54. The van der Waals surface area contributed by atoms with Gasteiger partial charge < -0.3 is 0 Å². The van der Waals surface area contributed by atoms with Gasteiger partial charge in [0.15, 0.2) is 5.69 Å². The van der Waals surface area contributed by atoms with Crippen LogP contribution in [0, 0.1) is 12.4 Å². The van der Waals surface area contributed by atoms with E-state index in [4.69, 9.17) is 6.57 Å². The second-order valence-electron chi connectivity index (χ2n) is 6.48. The molecule has 0 spiro atoms. The summed E-state index contributed by atoms with van der Waals surface area (Å²) in [6, 6.07) is 22.6. The van der Waals surface area contributed by atoms with Gasteiger partial charge in [-0.1, -0.05) is 48.5 Å². The number of hydrogen-bond donors (Lipinski definition) is 0. The van der Waals surface area contributed by atoms with Crippen molar-refractivity contribution in [1.82, 2.24) is 4.98 Å². The predicted octanol–water partition coefficient (Wildman–Crippen LogP) is 6.90. The van der Waals surface area contributed by atoms with Crippen LogP contribution in [0.5, 0.6) is 0 Å². The first-order chi connectivity index (χ1) is 13.3. The van der Waals surface area contributed by atoms with E-state index < -0.39 is 0 Å². The van der Waals surface area contributed by atoms with Crippen LogP contribution in [-0.2, 0) is 0 Å². The SMILES string of the molecule is [C-]#[N+]c1cc(-c2nccc3c2ccc2c(F)cccc23)cc2ccccc12. The van der Waals surface area contributed by atoms with E-state index in [9.17, 15) is 4.39 Å². The van der Waals surface area contributed by atoms with E-state index in [0.29, 0.717) is 11.1 Å². The third kappa shape index (κ3) is 2.35. The molecule has 1 heterocycles. The average molecular weight is 348 g/mol. The van der Waals surface area contributed by atoms with Gasteiger partial charge in [0.2, 0.25) is 0 Å². The minimum absolute atomic E-state index is 0.228. The van der Waals surface area contributed by atoms with Gasteiger partial charge in [-0.2, -0.15) is 0 Å². The summed E-state index contributed by atoms with van der Waals surface area (Å²) in [7, 11) is 0. The molecule has 0 aliphatic rings. The molecule has 0 aliphatic carbocycles. The Morgan fingerprint density at radius 1 is 0.741 bits per heavy atom. The van der Waals surface area contributed by atoms with Gasteiger partial charge in [-0.3, -0.25) is 4.98 Å². The summed E-state index contributed by atoms with van der Waals surface area (Å²) < 4.78 is 14.2. The molecule has 4 aromatic carbocycles. The summed E-state index contributed by atoms with van der Waals surface area (Å²) >= 11 is 0. The van der Waals surface area contributed by atoms with Gasteiger partial charge in [0, 0.05) is 17.0 Å². The van der Waals surface area contributed by atoms with Gasteiger partial charge in [0.25, 0.3) is 0 Å². The van der Waals surface area contributed by atoms with Crippen LogP contribution < -0.4 is 0 Å². The molecule has 126 valence electrons. The number of pyridine rings is 1. The molecule has 5 aromatic rings. The molecule has 0 unspecified atom stereocenters. The minimum atomic E-state index is -0.228. The third-order valence-electron chi connectivity index (χ3n) is 4.98. The highest BCUT2D eigenvalue weighted by Crippen LogP contribution is 2.36. The van der Waals surface area contributed by atoms with Gasteiger partial charge in [0.1, 0.15) is 5.82 Å². The Hall–Kier alpha value is -3.77. The number of halogens is 1. The lowest BCUT2D eigenvalue weighted by molar-refractivity contribution is 0.640. The number of benzene rings is 4. The standard InChI is InChI=1S/C24H13FN2/c1-26-23-14-16(13-15-5-2-3-6-17(15)23)24-21-10-9-20-18(7-4-8-22(20)25)19(21)11-12-27-24/h2-14H. The van der Waals surface area contributed by atoms with Crippen LogP contribution in [0.1, 0.15) is 0 Å². The lowest BCUT2D eigenvalue weighted by Gasteiger charge is -2.11. The van der Waals surface area contributed by atoms with Gasteiger partial charge in [-0.25, -0.2) is 9.24 Å². The van der Waals surface area contributed by atoms with Crippen molar-refractivity contribution in [3.63, 3.8) is 0 Å². The smallest absolute Gasteiger partial charge is 0.195 e. The highest BCUT2D eigenvalue weighted by atomic mass is 19.1. The molecule has 2 nitrogen and oxygen atoms in total. The van der Waals surface area contributed by atoms with Crippen molar-refractivity contribution in [2.75, 3.05) is 0 Å². The lowest BCUT2D eigenvalue weighted by atomic mass is 9.96. The molecule has 5 rings (SSSR count). The summed E-state index contributed by atoms with van der Waals surface area (Å²) in [5.41, 5.74) is 2.30. The van der Waals surface area contributed by atoms with Crippen molar-refractivity contribution in [3.8, 4) is 11.3 Å². The molecular weight excluding hydrogens is 335 g/mol. The Bertz CT molecular complexity index is 1400. The summed E-state index contributed by atoms with van der Waals surface area (Å²) in [6.07, 6.45) is 1.74. The number of fused-ring (bicyclic) bond motifs is 4. The fourth-order valence-corrected chi connectivity index (χ4v) is 3.73. The maximum atomic E-state index is 14.2. The molecular formula is C24H13FN2. The Kier molecular flexibility index (Phi) is 3.38. The van der Waals surface area contributed by atoms with Crippen molar-refractivity contribution >= 4 is 38.0 Å². The van der Waals surface area contributed by atoms with Crippen LogP contribution >= 0.6 is 0 Å². The third-order valence-corrected chi connectivity index (χ3v) is 4.98. The molecule has 0 bridgehead atoms. The molecule has 0 radical (unpaired) electrons. The summed E-state index contributed by atoms with van der Waals surface area (Å²) in [4.78, 5) is 8.29. The zero-order valence-electron chi connectivity index (χ0n) is 14.3. The molecule has 0 amide bonds. The highest BCUT2D eigenvalue weighted by molar-refractivity contribution is 6.12. The molecule has 0 saturated heterocycles. The van der Waals surface area contributed by atoms with E-state index in [1.165, 1.54) is 6.07 Å². The van der Waals surface area contributed by atoms with E-state index in [0.717, 1.165) is 38.2 Å². The van der Waals surface area contributed by atoms with Crippen molar-refractivity contribution in [3.05, 3.63) is 96.2 Å². The van der Waals surface area contributed by atoms with Crippen LogP contribution in [0.25, 0.3) is 48.4 Å². The Morgan fingerprint density at radius 3 is 2.41 bits per heavy atom. The van der Waals surface area contributed by atoms with Crippen LogP contribution in [-0.4, -0.2) is 4.98 Å². The fourth-order valence-electron chi connectivity index (χ4n) is 3.73. The lowest BCUT2D eigenvalue weighted by Crippen LogP contribution is -1.89. The summed E-state index contributed by atoms with van der Waals surface area (Å²) in [5, 5.41) is 5.30. The molecule has 0 fully saturated rings. The quantitative estimate of drug-likeness (QED) is 0.238. The number of hydrogen-bond acceptors (Lipinski definition) is 1. The second kappa shape index (κ2) is 5.89. The van der Waals surface area contributed by atoms with Gasteiger partial charge in [-0.15, -0.1) is 0 Å². The van der Waals surface area contributed by atoms with Crippen LogP contribution in [0.2, 0.25) is 0 Å². The fraction of sp³-hybridized carbons (Fsp3) is 0. The number of rotatable bonds is 1. The van der Waals surface area contributed by atoms with Crippen molar-refractivity contribution in [2.24, 2.45) is 0 Å². The first-order valence-electron chi connectivity index (χ1n) is 8.63. The average Bonchev–Trinajstić information content (AvgIpc) is 2.72. The van der Waals surface area contributed by atoms with Crippen molar-refractivity contribution in [2.45, 2.75) is 0 Å². The van der Waals surface area contributed by atoms with E-state index in [1.807, 2.05) is 48.5 Å². The summed E-state index contributed by atoms with van der Waals surface area (Å²) in [5.74, 6) is -0.228. The van der Waals surface area contributed by atoms with Crippen molar-refractivity contribution < 1.29 is 4.39 Å². The maximum absolute atomic E-state index is 14.2. The molecule has 0 aliphatic heterocycles. The first-order valence-corrected chi connectivity index (χ1v) is 8.63. The predicted molar refractivity (Wildman–Crippen MR) is 108 cm³/mol. The van der Waals surface area contributed by atoms with Crippen LogP contribution in [0.15, 0.2) is 79.0 Å². The van der Waals surface area contributed by atoms with Crippen LogP contribution in [0.3, 0.4) is 0 Å². The zero-order valence-corrected chi connectivity index (χ0v) is 14.3. The van der Waals surface area contributed by atoms with Crippen molar-refractivity contribution in [1.29, 1.82) is 0 Å². The van der Waals surface area contributed by atoms with Gasteiger partial charge in [-0.05, 0) is 51.4 Å². The van der Waals surface area contributed by atoms with E-state index in [-0.39, 0.29) is 5.82 Å². The topological polar surface area (TPSA) is 17.2 Å². The van der Waals surface area contributed by atoms with Gasteiger partial charge >= 0.3 is 0 Å². The Morgan fingerprint density at radius 2 is 1.52 bits per heavy atom. The molecule has 0 saturated carbocycles. The monoisotopic (exact) mass is 348 g/mol. The Balaban J connectivity index is 1.86. The first kappa shape index (κ1) is 15.5.